The number of aryl methyl sites for hydroxylation is 1. The van der Waals surface area contributed by atoms with E-state index in [0.717, 1.165) is 24.8 Å². The van der Waals surface area contributed by atoms with Crippen molar-refractivity contribution < 1.29 is 9.90 Å². The molecule has 3 rings (SSSR count). The summed E-state index contributed by atoms with van der Waals surface area (Å²) in [5.41, 5.74) is 3.50. The predicted molar refractivity (Wildman–Crippen MR) is 96.1 cm³/mol. The first-order chi connectivity index (χ1) is 12.2. The third-order valence-electron chi connectivity index (χ3n) is 4.56. The molecule has 2 amide bonds. The van der Waals surface area contributed by atoms with Crippen LogP contribution in [0.3, 0.4) is 0 Å². The first-order valence-electron chi connectivity index (χ1n) is 8.49. The van der Waals surface area contributed by atoms with Crippen molar-refractivity contribution in [2.45, 2.75) is 25.3 Å². The fourth-order valence-electron chi connectivity index (χ4n) is 3.42. The number of hydrogen-bond acceptors (Lipinski definition) is 3. The zero-order valence-corrected chi connectivity index (χ0v) is 14.0. The average molecular weight is 335 g/mol. The number of carbonyl (C=O) groups excluding carboxylic acids is 1. The van der Waals surface area contributed by atoms with Crippen LogP contribution in [0, 0.1) is 11.3 Å². The van der Waals surface area contributed by atoms with Gasteiger partial charge in [0.2, 0.25) is 0 Å². The fourth-order valence-corrected chi connectivity index (χ4v) is 3.42. The highest BCUT2D eigenvalue weighted by Gasteiger charge is 2.28. The first kappa shape index (κ1) is 17.0. The second kappa shape index (κ2) is 7.82. The number of carbonyl (C=O) groups is 1. The van der Waals surface area contributed by atoms with Gasteiger partial charge in [-0.05, 0) is 48.6 Å². The summed E-state index contributed by atoms with van der Waals surface area (Å²) < 4.78 is 0. The summed E-state index contributed by atoms with van der Waals surface area (Å²) in [5.74, 6) is 0. The number of anilines is 1. The Morgan fingerprint density at radius 1 is 1.28 bits per heavy atom. The van der Waals surface area contributed by atoms with Gasteiger partial charge in [-0.25, -0.2) is 4.79 Å². The molecule has 5 nitrogen and oxygen atoms in total. The number of amides is 2. The van der Waals surface area contributed by atoms with Crippen LogP contribution in [0.15, 0.2) is 48.5 Å². The number of nitrogens with zero attached hydrogens (tertiary/aromatic N) is 2. The van der Waals surface area contributed by atoms with Crippen molar-refractivity contribution >= 4 is 11.7 Å². The number of fused-ring (bicyclic) bond motifs is 1. The quantitative estimate of drug-likeness (QED) is 0.898. The van der Waals surface area contributed by atoms with Gasteiger partial charge in [0.15, 0.2) is 0 Å². The van der Waals surface area contributed by atoms with Crippen LogP contribution in [0.5, 0.6) is 0 Å². The second-order valence-electron chi connectivity index (χ2n) is 6.15. The van der Waals surface area contributed by atoms with Crippen molar-refractivity contribution in [3.8, 4) is 6.07 Å². The van der Waals surface area contributed by atoms with Crippen LogP contribution in [0.25, 0.3) is 0 Å². The molecular weight excluding hydrogens is 314 g/mol. The van der Waals surface area contributed by atoms with E-state index in [1.54, 1.807) is 29.2 Å². The van der Waals surface area contributed by atoms with Gasteiger partial charge in [0.25, 0.3) is 0 Å². The lowest BCUT2D eigenvalue weighted by Gasteiger charge is -2.35. The molecule has 128 valence electrons. The summed E-state index contributed by atoms with van der Waals surface area (Å²) in [6, 6.07) is 16.8. The number of rotatable bonds is 4. The SMILES string of the molecule is N#Cc1cccc(NC(=O)N(CCO)C2CCCc3ccccc32)c1. The third-order valence-corrected chi connectivity index (χ3v) is 4.56. The lowest BCUT2D eigenvalue weighted by atomic mass is 9.87. The molecule has 1 aliphatic carbocycles. The molecule has 1 atom stereocenters. The van der Waals surface area contributed by atoms with E-state index in [-0.39, 0.29) is 25.2 Å². The topological polar surface area (TPSA) is 76.4 Å². The zero-order chi connectivity index (χ0) is 17.6. The van der Waals surface area contributed by atoms with Gasteiger partial charge in [-0.1, -0.05) is 30.3 Å². The highest BCUT2D eigenvalue weighted by Crippen LogP contribution is 2.34. The van der Waals surface area contributed by atoms with Crippen molar-refractivity contribution in [3.05, 3.63) is 65.2 Å². The van der Waals surface area contributed by atoms with E-state index in [4.69, 9.17) is 5.26 Å². The first-order valence-corrected chi connectivity index (χ1v) is 8.49. The molecular formula is C20H21N3O2. The number of urea groups is 1. The average Bonchev–Trinajstić information content (AvgIpc) is 2.66. The Kier molecular flexibility index (Phi) is 5.32. The molecule has 5 heteroatoms. The molecule has 1 aliphatic rings. The zero-order valence-electron chi connectivity index (χ0n) is 14.0. The van der Waals surface area contributed by atoms with Gasteiger partial charge in [-0.3, -0.25) is 0 Å². The number of hydrogen-bond donors (Lipinski definition) is 2. The number of benzene rings is 2. The Hall–Kier alpha value is -2.84. The van der Waals surface area contributed by atoms with E-state index in [0.29, 0.717) is 11.3 Å². The smallest absolute Gasteiger partial charge is 0.322 e. The van der Waals surface area contributed by atoms with Crippen LogP contribution < -0.4 is 5.32 Å². The summed E-state index contributed by atoms with van der Waals surface area (Å²) in [6.45, 7) is 0.174. The van der Waals surface area contributed by atoms with Crippen LogP contribution in [-0.4, -0.2) is 29.2 Å². The maximum atomic E-state index is 12.8. The Labute approximate surface area is 147 Å². The summed E-state index contributed by atoms with van der Waals surface area (Å²) in [4.78, 5) is 14.5. The Bertz CT molecular complexity index is 798. The van der Waals surface area contributed by atoms with Gasteiger partial charge in [0, 0.05) is 12.2 Å². The van der Waals surface area contributed by atoms with E-state index in [1.807, 2.05) is 12.1 Å². The molecule has 0 bridgehead atoms. The Morgan fingerprint density at radius 2 is 2.12 bits per heavy atom. The molecule has 0 spiro atoms. The molecule has 0 fully saturated rings. The van der Waals surface area contributed by atoms with Crippen molar-refractivity contribution in [2.75, 3.05) is 18.5 Å². The van der Waals surface area contributed by atoms with Crippen LogP contribution in [-0.2, 0) is 6.42 Å². The molecule has 0 aliphatic heterocycles. The van der Waals surface area contributed by atoms with Gasteiger partial charge >= 0.3 is 6.03 Å². The lowest BCUT2D eigenvalue weighted by Crippen LogP contribution is -2.41. The van der Waals surface area contributed by atoms with Crippen LogP contribution in [0.4, 0.5) is 10.5 Å². The second-order valence-corrected chi connectivity index (χ2v) is 6.15. The standard InChI is InChI=1S/C20H21N3O2/c21-14-15-5-3-8-17(13-15)22-20(25)23(11-12-24)19-10-4-7-16-6-1-2-9-18(16)19/h1-3,5-6,8-9,13,19,24H,4,7,10-12H2,(H,22,25). The number of nitrogens with one attached hydrogen (secondary N) is 1. The van der Waals surface area contributed by atoms with Crippen molar-refractivity contribution in [1.82, 2.24) is 4.90 Å². The number of aliphatic hydroxyl groups is 1. The van der Waals surface area contributed by atoms with Gasteiger partial charge in [0.1, 0.15) is 0 Å². The largest absolute Gasteiger partial charge is 0.395 e. The van der Waals surface area contributed by atoms with E-state index in [1.165, 1.54) is 5.56 Å². The molecule has 0 saturated carbocycles. The van der Waals surface area contributed by atoms with Crippen LogP contribution in [0.1, 0.15) is 35.6 Å². The molecule has 1 unspecified atom stereocenters. The molecule has 0 radical (unpaired) electrons. The van der Waals surface area contributed by atoms with Gasteiger partial charge in [-0.2, -0.15) is 5.26 Å². The maximum absolute atomic E-state index is 12.8. The molecule has 0 heterocycles. The minimum Gasteiger partial charge on any atom is -0.395 e. The Balaban J connectivity index is 1.84. The van der Waals surface area contributed by atoms with Crippen LogP contribution >= 0.6 is 0 Å². The molecule has 2 aromatic rings. The molecule has 2 N–H and O–H groups in total. The van der Waals surface area contributed by atoms with Crippen LogP contribution in [0.2, 0.25) is 0 Å². The van der Waals surface area contributed by atoms with E-state index in [2.05, 4.69) is 23.5 Å². The lowest BCUT2D eigenvalue weighted by molar-refractivity contribution is 0.155. The summed E-state index contributed by atoms with van der Waals surface area (Å²) in [5, 5.41) is 21.3. The van der Waals surface area contributed by atoms with Gasteiger partial charge < -0.3 is 15.3 Å². The minimum absolute atomic E-state index is 0.0451. The summed E-state index contributed by atoms with van der Waals surface area (Å²) in [7, 11) is 0. The van der Waals surface area contributed by atoms with E-state index < -0.39 is 0 Å². The van der Waals surface area contributed by atoms with E-state index >= 15 is 0 Å². The van der Waals surface area contributed by atoms with E-state index in [9.17, 15) is 9.90 Å². The summed E-state index contributed by atoms with van der Waals surface area (Å²) in [6.07, 6.45) is 2.91. The number of aliphatic hydroxyl groups excluding tert-OH is 1. The minimum atomic E-state index is -0.258. The van der Waals surface area contributed by atoms with Gasteiger partial charge in [-0.15, -0.1) is 0 Å². The highest BCUT2D eigenvalue weighted by atomic mass is 16.3. The third kappa shape index (κ3) is 3.81. The molecule has 0 aromatic heterocycles. The molecule has 2 aromatic carbocycles. The molecule has 25 heavy (non-hydrogen) atoms. The number of nitriles is 1. The fraction of sp³-hybridized carbons (Fsp3) is 0.300. The predicted octanol–water partition coefficient (Wildman–Crippen LogP) is 3.46. The molecule has 0 saturated heterocycles. The van der Waals surface area contributed by atoms with Crippen molar-refractivity contribution in [2.24, 2.45) is 0 Å². The van der Waals surface area contributed by atoms with Gasteiger partial charge in [0.05, 0.1) is 24.3 Å². The summed E-state index contributed by atoms with van der Waals surface area (Å²) >= 11 is 0. The maximum Gasteiger partial charge on any atom is 0.322 e. The highest BCUT2D eigenvalue weighted by molar-refractivity contribution is 5.89. The Morgan fingerprint density at radius 3 is 2.92 bits per heavy atom. The monoisotopic (exact) mass is 335 g/mol. The van der Waals surface area contributed by atoms with Crippen molar-refractivity contribution in [3.63, 3.8) is 0 Å². The normalized spacial score (nSPS) is 15.8. The van der Waals surface area contributed by atoms with Crippen molar-refractivity contribution in [1.29, 1.82) is 5.26 Å².